The average molecular weight is 463 g/mol. The Hall–Kier alpha value is -1.93. The molecule has 1 N–H and O–H groups in total. The van der Waals surface area contributed by atoms with E-state index in [2.05, 4.69) is 39.2 Å². The SMILES string of the molecule is CC(C)(C)[Si](C)(C)N1C/C(=C(\NC(=O)c2ccccc2)c2ccc(Cl)cc2)S1(=O)=O. The molecule has 0 spiro atoms. The van der Waals surface area contributed by atoms with Gasteiger partial charge >= 0.3 is 0 Å². The van der Waals surface area contributed by atoms with Crippen LogP contribution in [0.2, 0.25) is 23.2 Å². The van der Waals surface area contributed by atoms with Crippen molar-refractivity contribution in [3.63, 3.8) is 0 Å². The predicted octanol–water partition coefficient (Wildman–Crippen LogP) is 5.09. The molecular weight excluding hydrogens is 436 g/mol. The molecule has 1 aliphatic rings. The largest absolute Gasteiger partial charge is 0.320 e. The van der Waals surface area contributed by atoms with Crippen LogP contribution in [-0.2, 0) is 10.0 Å². The molecule has 1 heterocycles. The number of rotatable bonds is 4. The molecule has 0 bridgehead atoms. The van der Waals surface area contributed by atoms with E-state index >= 15 is 0 Å². The molecular formula is C22H27ClN2O3SSi. The summed E-state index contributed by atoms with van der Waals surface area (Å²) in [5.74, 6) is -0.353. The van der Waals surface area contributed by atoms with Crippen LogP contribution in [0.1, 0.15) is 36.7 Å². The van der Waals surface area contributed by atoms with Crippen molar-refractivity contribution in [2.24, 2.45) is 0 Å². The van der Waals surface area contributed by atoms with E-state index in [1.165, 1.54) is 0 Å². The number of carbonyl (C=O) groups excluding carboxylic acids is 1. The van der Waals surface area contributed by atoms with Crippen LogP contribution in [0.4, 0.5) is 0 Å². The summed E-state index contributed by atoms with van der Waals surface area (Å²) in [5.41, 5.74) is 1.38. The molecule has 30 heavy (non-hydrogen) atoms. The number of halogens is 1. The Morgan fingerprint density at radius 2 is 1.57 bits per heavy atom. The maximum atomic E-state index is 13.4. The second kappa shape index (κ2) is 7.96. The number of hydrogen-bond donors (Lipinski definition) is 1. The molecule has 2 aromatic carbocycles. The molecule has 3 rings (SSSR count). The molecule has 0 unspecified atom stereocenters. The number of sulfonamides is 1. The molecule has 0 aromatic heterocycles. The maximum Gasteiger partial charge on any atom is 0.255 e. The van der Waals surface area contributed by atoms with Crippen molar-refractivity contribution < 1.29 is 13.2 Å². The van der Waals surface area contributed by atoms with Crippen LogP contribution in [0.25, 0.3) is 5.70 Å². The van der Waals surface area contributed by atoms with Crippen molar-refractivity contribution in [1.29, 1.82) is 0 Å². The Morgan fingerprint density at radius 1 is 1.00 bits per heavy atom. The van der Waals surface area contributed by atoms with E-state index < -0.39 is 18.3 Å². The number of nitrogens with zero attached hydrogens (tertiary/aromatic N) is 1. The Labute approximate surface area is 184 Å². The highest BCUT2D eigenvalue weighted by molar-refractivity contribution is 7.96. The first kappa shape index (κ1) is 22.7. The fourth-order valence-electron chi connectivity index (χ4n) is 3.14. The Kier molecular flexibility index (Phi) is 6.04. The van der Waals surface area contributed by atoms with Gasteiger partial charge < -0.3 is 5.32 Å². The van der Waals surface area contributed by atoms with Crippen LogP contribution in [0.5, 0.6) is 0 Å². The van der Waals surface area contributed by atoms with Crippen molar-refractivity contribution in [3.05, 3.63) is 75.7 Å². The van der Waals surface area contributed by atoms with Crippen molar-refractivity contribution in [3.8, 4) is 0 Å². The minimum absolute atomic E-state index is 0.126. The first-order valence-electron chi connectivity index (χ1n) is 9.74. The van der Waals surface area contributed by atoms with Gasteiger partial charge in [0.25, 0.3) is 5.91 Å². The maximum absolute atomic E-state index is 13.4. The van der Waals surface area contributed by atoms with Gasteiger partial charge in [-0.05, 0) is 34.9 Å². The lowest BCUT2D eigenvalue weighted by Crippen LogP contribution is -2.64. The quantitative estimate of drug-likeness (QED) is 0.643. The van der Waals surface area contributed by atoms with Crippen LogP contribution >= 0.6 is 11.6 Å². The molecule has 1 aliphatic heterocycles. The minimum Gasteiger partial charge on any atom is -0.320 e. The van der Waals surface area contributed by atoms with Gasteiger partial charge in [0.1, 0.15) is 8.24 Å². The number of nitrogens with one attached hydrogen (secondary N) is 1. The van der Waals surface area contributed by atoms with Crippen LogP contribution in [0.3, 0.4) is 0 Å². The highest BCUT2D eigenvalue weighted by Crippen LogP contribution is 2.46. The monoisotopic (exact) mass is 462 g/mol. The Balaban J connectivity index is 2.06. The summed E-state index contributed by atoms with van der Waals surface area (Å²) in [4.78, 5) is 13.1. The fraction of sp³-hybridized carbons (Fsp3) is 0.318. The Morgan fingerprint density at radius 3 is 2.07 bits per heavy atom. The molecule has 160 valence electrons. The lowest BCUT2D eigenvalue weighted by atomic mass is 10.1. The second-order valence-corrected chi connectivity index (χ2v) is 16.7. The first-order chi connectivity index (χ1) is 13.9. The zero-order chi connectivity index (χ0) is 22.3. The highest BCUT2D eigenvalue weighted by atomic mass is 35.5. The lowest BCUT2D eigenvalue weighted by molar-refractivity contribution is 0.0973. The molecule has 1 amide bonds. The molecule has 1 saturated heterocycles. The molecule has 0 radical (unpaired) electrons. The van der Waals surface area contributed by atoms with E-state index in [4.69, 9.17) is 11.6 Å². The molecule has 5 nitrogen and oxygen atoms in total. The average Bonchev–Trinajstić information content (AvgIpc) is 2.66. The van der Waals surface area contributed by atoms with E-state index in [0.29, 0.717) is 21.8 Å². The summed E-state index contributed by atoms with van der Waals surface area (Å²) in [7, 11) is -5.94. The Bertz CT molecular complexity index is 1090. The summed E-state index contributed by atoms with van der Waals surface area (Å²) in [6.07, 6.45) is 0. The van der Waals surface area contributed by atoms with E-state index in [1.54, 1.807) is 52.5 Å². The summed E-state index contributed by atoms with van der Waals surface area (Å²) >= 11 is 6.01. The van der Waals surface area contributed by atoms with Crippen LogP contribution in [0, 0.1) is 0 Å². The summed E-state index contributed by atoms with van der Waals surface area (Å²) in [6.45, 7) is 10.6. The molecule has 0 saturated carbocycles. The van der Waals surface area contributed by atoms with Crippen LogP contribution < -0.4 is 5.32 Å². The van der Waals surface area contributed by atoms with Gasteiger partial charge in [-0.1, -0.05) is 75.8 Å². The van der Waals surface area contributed by atoms with Crippen LogP contribution in [-0.4, -0.2) is 33.1 Å². The lowest BCUT2D eigenvalue weighted by Gasteiger charge is -2.50. The molecule has 2 aromatic rings. The van der Waals surface area contributed by atoms with E-state index in [-0.39, 0.29) is 22.4 Å². The van der Waals surface area contributed by atoms with Gasteiger partial charge in [-0.15, -0.1) is 0 Å². The van der Waals surface area contributed by atoms with Crippen molar-refractivity contribution in [2.45, 2.75) is 38.9 Å². The second-order valence-electron chi connectivity index (χ2n) is 8.95. The van der Waals surface area contributed by atoms with Gasteiger partial charge in [0, 0.05) is 17.1 Å². The molecule has 0 aliphatic carbocycles. The van der Waals surface area contributed by atoms with E-state index in [1.807, 2.05) is 6.07 Å². The predicted molar refractivity (Wildman–Crippen MR) is 125 cm³/mol. The summed E-state index contributed by atoms with van der Waals surface area (Å²) < 4.78 is 28.4. The number of hydrogen-bond acceptors (Lipinski definition) is 3. The van der Waals surface area contributed by atoms with Gasteiger partial charge in [-0.25, -0.2) is 12.4 Å². The summed E-state index contributed by atoms with van der Waals surface area (Å²) in [5, 5.41) is 3.26. The number of benzene rings is 2. The molecule has 1 fully saturated rings. The van der Waals surface area contributed by atoms with Crippen molar-refractivity contribution >= 4 is 41.5 Å². The van der Waals surface area contributed by atoms with Crippen molar-refractivity contribution in [2.75, 3.05) is 6.54 Å². The highest BCUT2D eigenvalue weighted by Gasteiger charge is 2.54. The molecule has 0 atom stereocenters. The standard InChI is InChI=1S/C22H27ClN2O3SSi/c1-22(2,3)30(4,5)25-15-19(29(25,27)28)20(16-11-13-18(23)14-12-16)24-21(26)17-9-7-6-8-10-17/h6-14H,15H2,1-5H3,(H,24,26)/b20-19+. The third-order valence-electron chi connectivity index (χ3n) is 6.03. The van der Waals surface area contributed by atoms with E-state index in [9.17, 15) is 13.2 Å². The van der Waals surface area contributed by atoms with Gasteiger partial charge in [-0.3, -0.25) is 4.79 Å². The topological polar surface area (TPSA) is 66.5 Å². The zero-order valence-electron chi connectivity index (χ0n) is 17.9. The van der Waals surface area contributed by atoms with Gasteiger partial charge in [0.05, 0.1) is 10.6 Å². The number of amides is 1. The normalized spacial score (nSPS) is 18.5. The third kappa shape index (κ3) is 4.12. The smallest absolute Gasteiger partial charge is 0.255 e. The van der Waals surface area contributed by atoms with Gasteiger partial charge in [0.2, 0.25) is 10.0 Å². The van der Waals surface area contributed by atoms with Gasteiger partial charge in [0.15, 0.2) is 0 Å². The summed E-state index contributed by atoms with van der Waals surface area (Å²) in [6, 6.07) is 15.6. The van der Waals surface area contributed by atoms with E-state index in [0.717, 1.165) is 0 Å². The van der Waals surface area contributed by atoms with Crippen molar-refractivity contribution in [1.82, 2.24) is 9.29 Å². The third-order valence-corrected chi connectivity index (χ3v) is 15.1. The first-order valence-corrected chi connectivity index (χ1v) is 14.5. The minimum atomic E-state index is -3.66. The fourth-order valence-corrected chi connectivity index (χ4v) is 9.30. The van der Waals surface area contributed by atoms with Crippen LogP contribution in [0.15, 0.2) is 59.5 Å². The number of carbonyl (C=O) groups is 1. The zero-order valence-corrected chi connectivity index (χ0v) is 20.4. The van der Waals surface area contributed by atoms with Gasteiger partial charge in [-0.2, -0.15) is 0 Å². The molecule has 8 heteroatoms.